The quantitative estimate of drug-likeness (QED) is 0.853. The molecule has 0 spiro atoms. The molecule has 0 atom stereocenters. The topological polar surface area (TPSA) is 80.6 Å². The van der Waals surface area contributed by atoms with Gasteiger partial charge in [0.05, 0.1) is 6.04 Å². The van der Waals surface area contributed by atoms with E-state index >= 15 is 0 Å². The van der Waals surface area contributed by atoms with Crippen molar-refractivity contribution in [1.29, 1.82) is 0 Å². The highest BCUT2D eigenvalue weighted by Crippen LogP contribution is 2.11. The van der Waals surface area contributed by atoms with Gasteiger partial charge in [-0.3, -0.25) is 14.7 Å². The summed E-state index contributed by atoms with van der Waals surface area (Å²) in [4.78, 5) is 31.7. The molecule has 17 heavy (non-hydrogen) atoms. The number of aromatic amines is 1. The second-order valence-corrected chi connectivity index (χ2v) is 3.84. The fourth-order valence-corrected chi connectivity index (χ4v) is 1.90. The molecule has 2 rings (SSSR count). The van der Waals surface area contributed by atoms with Crippen LogP contribution in [0.25, 0.3) is 11.0 Å². The second kappa shape index (κ2) is 4.48. The lowest BCUT2D eigenvalue weighted by molar-refractivity contribution is 0.408. The highest BCUT2D eigenvalue weighted by Gasteiger charge is 2.14. The molecule has 2 aromatic rings. The first-order chi connectivity index (χ1) is 8.19. The summed E-state index contributed by atoms with van der Waals surface area (Å²) < 4.78 is 1.36. The Labute approximate surface area is 97.3 Å². The Kier molecular flexibility index (Phi) is 3.03. The zero-order valence-corrected chi connectivity index (χ0v) is 9.80. The normalized spacial score (nSPS) is 11.2. The van der Waals surface area contributed by atoms with Crippen molar-refractivity contribution in [3.63, 3.8) is 0 Å². The van der Waals surface area contributed by atoms with Gasteiger partial charge in [-0.2, -0.15) is 0 Å². The Morgan fingerprint density at radius 3 is 2.35 bits per heavy atom. The van der Waals surface area contributed by atoms with E-state index in [1.807, 2.05) is 13.8 Å². The predicted octanol–water partition coefficient (Wildman–Crippen LogP) is 0.841. The summed E-state index contributed by atoms with van der Waals surface area (Å²) in [5.41, 5.74) is -0.441. The Balaban J connectivity index is 2.80. The molecule has 90 valence electrons. The van der Waals surface area contributed by atoms with E-state index in [1.54, 1.807) is 0 Å². The number of hydrogen-bond donors (Lipinski definition) is 1. The Morgan fingerprint density at radius 2 is 1.76 bits per heavy atom. The van der Waals surface area contributed by atoms with Gasteiger partial charge in [0.2, 0.25) is 0 Å². The summed E-state index contributed by atoms with van der Waals surface area (Å²) in [6.45, 7) is 3.94. The van der Waals surface area contributed by atoms with Gasteiger partial charge in [-0.1, -0.05) is 13.8 Å². The molecular weight excluding hydrogens is 220 g/mol. The maximum Gasteiger partial charge on any atom is 0.293 e. The molecule has 2 heterocycles. The first kappa shape index (κ1) is 11.5. The standard InChI is InChI=1S/C11H14N4O2/c1-3-7(4-2)15-11(17)9-8(10(16)14-15)12-5-6-13-9/h5-7H,3-4H2,1-2H3,(H,14,16). The third-order valence-corrected chi connectivity index (χ3v) is 2.86. The molecule has 6 heteroatoms. The van der Waals surface area contributed by atoms with Gasteiger partial charge in [-0.25, -0.2) is 14.6 Å². The molecule has 0 radical (unpaired) electrons. The number of fused-ring (bicyclic) bond motifs is 1. The van der Waals surface area contributed by atoms with Crippen LogP contribution in [0.1, 0.15) is 32.7 Å². The third kappa shape index (κ3) is 1.86. The fraction of sp³-hybridized carbons (Fsp3) is 0.455. The van der Waals surface area contributed by atoms with E-state index in [0.29, 0.717) is 0 Å². The molecule has 0 aliphatic heterocycles. The fourth-order valence-electron chi connectivity index (χ4n) is 1.90. The Hall–Kier alpha value is -1.98. The van der Waals surface area contributed by atoms with Crippen LogP contribution in [0.15, 0.2) is 22.0 Å². The van der Waals surface area contributed by atoms with Crippen molar-refractivity contribution in [3.05, 3.63) is 33.1 Å². The van der Waals surface area contributed by atoms with Crippen LogP contribution in [0.2, 0.25) is 0 Å². The molecule has 6 nitrogen and oxygen atoms in total. The molecule has 0 bridgehead atoms. The molecular formula is C11H14N4O2. The SMILES string of the molecule is CCC(CC)n1[nH]c(=O)c2nccnc2c1=O. The zero-order chi connectivity index (χ0) is 12.4. The average Bonchev–Trinajstić information content (AvgIpc) is 2.37. The van der Waals surface area contributed by atoms with Crippen molar-refractivity contribution in [1.82, 2.24) is 19.7 Å². The highest BCUT2D eigenvalue weighted by atomic mass is 16.2. The van der Waals surface area contributed by atoms with Crippen LogP contribution in [0.5, 0.6) is 0 Å². The number of rotatable bonds is 3. The van der Waals surface area contributed by atoms with Crippen molar-refractivity contribution >= 4 is 11.0 Å². The van der Waals surface area contributed by atoms with Crippen LogP contribution in [0.3, 0.4) is 0 Å². The molecule has 1 N–H and O–H groups in total. The second-order valence-electron chi connectivity index (χ2n) is 3.84. The largest absolute Gasteiger partial charge is 0.293 e. The lowest BCUT2D eigenvalue weighted by Gasteiger charge is -2.15. The van der Waals surface area contributed by atoms with Crippen LogP contribution >= 0.6 is 0 Å². The smallest absolute Gasteiger partial charge is 0.266 e. The molecule has 0 amide bonds. The Bertz CT molecular complexity index is 640. The van der Waals surface area contributed by atoms with Crippen molar-refractivity contribution in [2.75, 3.05) is 0 Å². The van der Waals surface area contributed by atoms with Crippen molar-refractivity contribution in [2.24, 2.45) is 0 Å². The monoisotopic (exact) mass is 234 g/mol. The molecule has 2 aromatic heterocycles. The first-order valence-corrected chi connectivity index (χ1v) is 5.64. The summed E-state index contributed by atoms with van der Waals surface area (Å²) >= 11 is 0. The van der Waals surface area contributed by atoms with Gasteiger partial charge in [-0.05, 0) is 12.8 Å². The summed E-state index contributed by atoms with van der Waals surface area (Å²) in [5.74, 6) is 0. The van der Waals surface area contributed by atoms with Crippen LogP contribution in [0.4, 0.5) is 0 Å². The van der Waals surface area contributed by atoms with Gasteiger partial charge < -0.3 is 0 Å². The molecule has 0 saturated heterocycles. The summed E-state index contributed by atoms with van der Waals surface area (Å²) in [5, 5.41) is 2.57. The highest BCUT2D eigenvalue weighted by molar-refractivity contribution is 5.70. The van der Waals surface area contributed by atoms with Gasteiger partial charge in [-0.15, -0.1) is 0 Å². The Morgan fingerprint density at radius 1 is 1.18 bits per heavy atom. The van der Waals surface area contributed by atoms with Crippen LogP contribution in [0, 0.1) is 0 Å². The first-order valence-electron chi connectivity index (χ1n) is 5.64. The molecule has 0 unspecified atom stereocenters. The molecule has 0 aromatic carbocycles. The van der Waals surface area contributed by atoms with Crippen molar-refractivity contribution in [3.8, 4) is 0 Å². The number of nitrogens with one attached hydrogen (secondary N) is 1. The molecule has 0 aliphatic rings. The van der Waals surface area contributed by atoms with Crippen molar-refractivity contribution < 1.29 is 0 Å². The van der Waals surface area contributed by atoms with E-state index in [9.17, 15) is 9.59 Å². The third-order valence-electron chi connectivity index (χ3n) is 2.86. The van der Waals surface area contributed by atoms with E-state index < -0.39 is 0 Å². The lowest BCUT2D eigenvalue weighted by Crippen LogP contribution is -2.33. The predicted molar refractivity (Wildman–Crippen MR) is 64.0 cm³/mol. The van der Waals surface area contributed by atoms with E-state index in [4.69, 9.17) is 0 Å². The van der Waals surface area contributed by atoms with Gasteiger partial charge in [0, 0.05) is 12.4 Å². The van der Waals surface area contributed by atoms with Gasteiger partial charge >= 0.3 is 0 Å². The average molecular weight is 234 g/mol. The summed E-state index contributed by atoms with van der Waals surface area (Å²) in [7, 11) is 0. The number of H-pyrrole nitrogens is 1. The minimum atomic E-state index is -0.375. The maximum absolute atomic E-state index is 12.1. The van der Waals surface area contributed by atoms with Crippen LogP contribution in [-0.2, 0) is 0 Å². The van der Waals surface area contributed by atoms with Gasteiger partial charge in [0.1, 0.15) is 0 Å². The minimum Gasteiger partial charge on any atom is -0.266 e. The van der Waals surface area contributed by atoms with Gasteiger partial charge in [0.15, 0.2) is 11.0 Å². The van der Waals surface area contributed by atoms with Crippen molar-refractivity contribution in [2.45, 2.75) is 32.7 Å². The van der Waals surface area contributed by atoms with E-state index in [-0.39, 0.29) is 28.2 Å². The molecule has 0 aliphatic carbocycles. The summed E-state index contributed by atoms with van der Waals surface area (Å²) in [6, 6.07) is -0.0124. The number of aromatic nitrogens is 4. The number of hydrogen-bond acceptors (Lipinski definition) is 4. The lowest BCUT2D eigenvalue weighted by atomic mass is 10.2. The minimum absolute atomic E-state index is 0.0124. The number of nitrogens with zero attached hydrogens (tertiary/aromatic N) is 3. The van der Waals surface area contributed by atoms with E-state index in [2.05, 4.69) is 15.1 Å². The summed E-state index contributed by atoms with van der Waals surface area (Å²) in [6.07, 6.45) is 4.37. The zero-order valence-electron chi connectivity index (χ0n) is 9.80. The molecule has 0 saturated carbocycles. The van der Waals surface area contributed by atoms with Crippen LogP contribution in [-0.4, -0.2) is 19.7 Å². The van der Waals surface area contributed by atoms with Crippen LogP contribution < -0.4 is 11.1 Å². The maximum atomic E-state index is 12.1. The van der Waals surface area contributed by atoms with E-state index in [1.165, 1.54) is 17.1 Å². The van der Waals surface area contributed by atoms with E-state index in [0.717, 1.165) is 12.8 Å². The molecule has 0 fully saturated rings. The van der Waals surface area contributed by atoms with Gasteiger partial charge in [0.25, 0.3) is 11.1 Å².